The van der Waals surface area contributed by atoms with Crippen molar-refractivity contribution in [3.05, 3.63) is 51.5 Å². The SMILES string of the molecule is COCc1nc(CCNC(=O)c2ccc(F)c(F)c2)cs1. The minimum atomic E-state index is -1.04. The van der Waals surface area contributed by atoms with Crippen LogP contribution in [0.25, 0.3) is 0 Å². The number of hydrogen-bond donors (Lipinski definition) is 1. The van der Waals surface area contributed by atoms with Crippen molar-refractivity contribution in [3.63, 3.8) is 0 Å². The van der Waals surface area contributed by atoms with E-state index in [1.807, 2.05) is 5.38 Å². The number of aromatic nitrogens is 1. The number of halogens is 2. The summed E-state index contributed by atoms with van der Waals surface area (Å²) in [5.41, 5.74) is 0.949. The Morgan fingerprint density at radius 2 is 2.19 bits per heavy atom. The zero-order valence-electron chi connectivity index (χ0n) is 11.4. The second-order valence-corrected chi connectivity index (χ2v) is 5.24. The van der Waals surface area contributed by atoms with Crippen molar-refractivity contribution in [2.75, 3.05) is 13.7 Å². The Labute approximate surface area is 124 Å². The summed E-state index contributed by atoms with van der Waals surface area (Å²) in [4.78, 5) is 16.1. The van der Waals surface area contributed by atoms with Crippen LogP contribution in [0.1, 0.15) is 21.1 Å². The van der Waals surface area contributed by atoms with E-state index in [0.717, 1.165) is 22.8 Å². The van der Waals surface area contributed by atoms with Gasteiger partial charge in [0, 0.05) is 31.0 Å². The number of nitrogens with zero attached hydrogens (tertiary/aromatic N) is 1. The zero-order valence-corrected chi connectivity index (χ0v) is 12.2. The number of carbonyl (C=O) groups is 1. The molecule has 0 spiro atoms. The number of rotatable bonds is 6. The van der Waals surface area contributed by atoms with E-state index >= 15 is 0 Å². The number of thiazole rings is 1. The van der Waals surface area contributed by atoms with E-state index in [4.69, 9.17) is 4.74 Å². The highest BCUT2D eigenvalue weighted by Crippen LogP contribution is 2.11. The van der Waals surface area contributed by atoms with Crippen molar-refractivity contribution in [2.45, 2.75) is 13.0 Å². The lowest BCUT2D eigenvalue weighted by atomic mass is 10.2. The van der Waals surface area contributed by atoms with E-state index in [1.54, 1.807) is 7.11 Å². The summed E-state index contributed by atoms with van der Waals surface area (Å²) in [7, 11) is 1.60. The van der Waals surface area contributed by atoms with Gasteiger partial charge in [-0.05, 0) is 18.2 Å². The summed E-state index contributed by atoms with van der Waals surface area (Å²) in [6.45, 7) is 0.833. The maximum atomic E-state index is 13.0. The lowest BCUT2D eigenvalue weighted by molar-refractivity contribution is 0.0953. The van der Waals surface area contributed by atoms with Crippen LogP contribution >= 0.6 is 11.3 Å². The molecule has 2 aromatic rings. The third-order valence-electron chi connectivity index (χ3n) is 2.72. The van der Waals surface area contributed by atoms with Crippen LogP contribution in [0.4, 0.5) is 8.78 Å². The minimum absolute atomic E-state index is 0.0900. The molecule has 0 saturated carbocycles. The molecular formula is C14H14F2N2O2S. The van der Waals surface area contributed by atoms with E-state index in [9.17, 15) is 13.6 Å². The van der Waals surface area contributed by atoms with Crippen LogP contribution in [-0.2, 0) is 17.8 Å². The number of hydrogen-bond acceptors (Lipinski definition) is 4. The molecule has 0 saturated heterocycles. The maximum absolute atomic E-state index is 13.0. The van der Waals surface area contributed by atoms with E-state index in [0.29, 0.717) is 19.6 Å². The molecule has 0 aliphatic heterocycles. The predicted molar refractivity (Wildman–Crippen MR) is 75.2 cm³/mol. The first-order valence-electron chi connectivity index (χ1n) is 6.25. The molecule has 0 atom stereocenters. The van der Waals surface area contributed by atoms with Gasteiger partial charge in [0.05, 0.1) is 12.3 Å². The first-order valence-corrected chi connectivity index (χ1v) is 7.13. The van der Waals surface area contributed by atoms with E-state index < -0.39 is 17.5 Å². The zero-order chi connectivity index (χ0) is 15.2. The molecule has 1 amide bonds. The van der Waals surface area contributed by atoms with Gasteiger partial charge in [-0.15, -0.1) is 11.3 Å². The quantitative estimate of drug-likeness (QED) is 0.892. The molecule has 1 aromatic carbocycles. The summed E-state index contributed by atoms with van der Waals surface area (Å²) in [5, 5.41) is 5.42. The molecular weight excluding hydrogens is 298 g/mol. The Balaban J connectivity index is 1.84. The molecule has 1 aromatic heterocycles. The van der Waals surface area contributed by atoms with Crippen molar-refractivity contribution in [3.8, 4) is 0 Å². The summed E-state index contributed by atoms with van der Waals surface area (Å²) in [6.07, 6.45) is 0.565. The van der Waals surface area contributed by atoms with Crippen molar-refractivity contribution in [1.82, 2.24) is 10.3 Å². The molecule has 0 aliphatic rings. The van der Waals surface area contributed by atoms with Crippen LogP contribution in [0.5, 0.6) is 0 Å². The molecule has 4 nitrogen and oxygen atoms in total. The molecule has 1 heterocycles. The molecule has 0 unspecified atom stereocenters. The highest BCUT2D eigenvalue weighted by atomic mass is 32.1. The largest absolute Gasteiger partial charge is 0.378 e. The Bertz CT molecular complexity index is 631. The lowest BCUT2D eigenvalue weighted by Gasteiger charge is -2.04. The third-order valence-corrected chi connectivity index (χ3v) is 3.59. The Morgan fingerprint density at radius 1 is 1.38 bits per heavy atom. The van der Waals surface area contributed by atoms with Crippen LogP contribution in [0.2, 0.25) is 0 Å². The second-order valence-electron chi connectivity index (χ2n) is 4.30. The van der Waals surface area contributed by atoms with Crippen molar-refractivity contribution < 1.29 is 18.3 Å². The molecule has 21 heavy (non-hydrogen) atoms. The summed E-state index contributed by atoms with van der Waals surface area (Å²) >= 11 is 1.49. The smallest absolute Gasteiger partial charge is 0.251 e. The van der Waals surface area contributed by atoms with Gasteiger partial charge in [0.15, 0.2) is 11.6 Å². The van der Waals surface area contributed by atoms with Crippen LogP contribution in [0.3, 0.4) is 0 Å². The fourth-order valence-electron chi connectivity index (χ4n) is 1.70. The number of ether oxygens (including phenoxy) is 1. The standard InChI is InChI=1S/C14H14F2N2O2S/c1-20-7-13-18-10(8-21-13)4-5-17-14(19)9-2-3-11(15)12(16)6-9/h2-3,6,8H,4-5,7H2,1H3,(H,17,19). The van der Waals surface area contributed by atoms with E-state index in [1.165, 1.54) is 17.4 Å². The van der Waals surface area contributed by atoms with Gasteiger partial charge in [-0.3, -0.25) is 4.79 Å². The summed E-state index contributed by atoms with van der Waals surface area (Å²) < 4.78 is 30.8. The fraction of sp³-hybridized carbons (Fsp3) is 0.286. The topological polar surface area (TPSA) is 51.2 Å². The molecule has 2 rings (SSSR count). The van der Waals surface area contributed by atoms with Gasteiger partial charge in [0.1, 0.15) is 5.01 Å². The van der Waals surface area contributed by atoms with Gasteiger partial charge in [-0.25, -0.2) is 13.8 Å². The Morgan fingerprint density at radius 3 is 2.90 bits per heavy atom. The van der Waals surface area contributed by atoms with Crippen molar-refractivity contribution in [2.24, 2.45) is 0 Å². The molecule has 0 fully saturated rings. The number of nitrogens with one attached hydrogen (secondary N) is 1. The number of amides is 1. The predicted octanol–water partition coefficient (Wildman–Crippen LogP) is 2.54. The van der Waals surface area contributed by atoms with Gasteiger partial charge in [-0.1, -0.05) is 0 Å². The van der Waals surface area contributed by atoms with Crippen LogP contribution in [0.15, 0.2) is 23.6 Å². The van der Waals surface area contributed by atoms with Crippen LogP contribution < -0.4 is 5.32 Å². The highest BCUT2D eigenvalue weighted by Gasteiger charge is 2.09. The first kappa shape index (κ1) is 15.5. The third kappa shape index (κ3) is 4.30. The fourth-order valence-corrected chi connectivity index (χ4v) is 2.50. The van der Waals surface area contributed by atoms with Gasteiger partial charge < -0.3 is 10.1 Å². The average molecular weight is 312 g/mol. The molecule has 0 aliphatic carbocycles. The normalized spacial score (nSPS) is 10.6. The van der Waals surface area contributed by atoms with Gasteiger partial charge in [0.2, 0.25) is 0 Å². The lowest BCUT2D eigenvalue weighted by Crippen LogP contribution is -2.25. The monoisotopic (exact) mass is 312 g/mol. The van der Waals surface area contributed by atoms with Gasteiger partial charge >= 0.3 is 0 Å². The summed E-state index contributed by atoms with van der Waals surface area (Å²) in [5.74, 6) is -2.45. The van der Waals surface area contributed by atoms with Gasteiger partial charge in [0.25, 0.3) is 5.91 Å². The molecule has 7 heteroatoms. The van der Waals surface area contributed by atoms with Crippen LogP contribution in [-0.4, -0.2) is 24.5 Å². The van der Waals surface area contributed by atoms with Crippen LogP contribution in [0, 0.1) is 11.6 Å². The Hall–Kier alpha value is -1.86. The van der Waals surface area contributed by atoms with Crippen molar-refractivity contribution >= 4 is 17.2 Å². The maximum Gasteiger partial charge on any atom is 0.251 e. The van der Waals surface area contributed by atoms with E-state index in [2.05, 4.69) is 10.3 Å². The summed E-state index contributed by atoms with van der Waals surface area (Å²) in [6, 6.07) is 3.05. The average Bonchev–Trinajstić information content (AvgIpc) is 2.90. The first-order chi connectivity index (χ1) is 10.1. The Kier molecular flexibility index (Phi) is 5.35. The second kappa shape index (κ2) is 7.24. The van der Waals surface area contributed by atoms with Gasteiger partial charge in [-0.2, -0.15) is 0 Å². The minimum Gasteiger partial charge on any atom is -0.378 e. The molecule has 112 valence electrons. The molecule has 0 radical (unpaired) electrons. The highest BCUT2D eigenvalue weighted by molar-refractivity contribution is 7.09. The number of carbonyl (C=O) groups excluding carboxylic acids is 1. The van der Waals surface area contributed by atoms with E-state index in [-0.39, 0.29) is 5.56 Å². The number of benzene rings is 1. The molecule has 1 N–H and O–H groups in total. The molecule has 0 bridgehead atoms. The number of methoxy groups -OCH3 is 1. The van der Waals surface area contributed by atoms with Crippen molar-refractivity contribution in [1.29, 1.82) is 0 Å².